The summed E-state index contributed by atoms with van der Waals surface area (Å²) < 4.78 is 37.1. The lowest BCUT2D eigenvalue weighted by molar-refractivity contribution is 0.0525. The molecule has 4 nitrogen and oxygen atoms in total. The van der Waals surface area contributed by atoms with Gasteiger partial charge in [0.2, 0.25) is 0 Å². The zero-order chi connectivity index (χ0) is 14.9. The van der Waals surface area contributed by atoms with E-state index >= 15 is 0 Å². The molecule has 1 aromatic heterocycles. The number of esters is 1. The van der Waals surface area contributed by atoms with Gasteiger partial charge in [-0.3, -0.25) is 0 Å². The van der Waals surface area contributed by atoms with Crippen LogP contribution in [-0.2, 0) is 4.74 Å². The Morgan fingerprint density at radius 2 is 2.05 bits per heavy atom. The van der Waals surface area contributed by atoms with Crippen LogP contribution in [0.5, 0.6) is 0 Å². The molecule has 0 N–H and O–H groups in total. The number of ether oxygens (including phenoxy) is 1. The summed E-state index contributed by atoms with van der Waals surface area (Å²) in [6, 6.07) is 1.92. The van der Waals surface area contributed by atoms with Gasteiger partial charge in [0.05, 0.1) is 16.6 Å². The minimum absolute atomic E-state index is 0.0166. The SMILES string of the molecule is CCOC(=O)c1c(-c2c(F)ccc(F)c2Br)noc1C. The molecule has 0 aliphatic rings. The fraction of sp³-hybridized carbons (Fsp3) is 0.231. The van der Waals surface area contributed by atoms with Gasteiger partial charge in [-0.25, -0.2) is 13.6 Å². The third-order valence-corrected chi connectivity index (χ3v) is 3.40. The predicted molar refractivity (Wildman–Crippen MR) is 70.2 cm³/mol. The monoisotopic (exact) mass is 345 g/mol. The van der Waals surface area contributed by atoms with Crippen molar-refractivity contribution in [1.29, 1.82) is 0 Å². The lowest BCUT2D eigenvalue weighted by Gasteiger charge is -2.06. The minimum atomic E-state index is -0.725. The molecule has 0 saturated heterocycles. The predicted octanol–water partition coefficient (Wildman–Crippen LogP) is 3.87. The van der Waals surface area contributed by atoms with Crippen molar-refractivity contribution in [1.82, 2.24) is 5.16 Å². The molecule has 0 unspecified atom stereocenters. The highest BCUT2D eigenvalue weighted by Crippen LogP contribution is 2.35. The second-order valence-corrected chi connectivity index (χ2v) is 4.69. The summed E-state index contributed by atoms with van der Waals surface area (Å²) in [6.45, 7) is 3.28. The van der Waals surface area contributed by atoms with Gasteiger partial charge in [-0.2, -0.15) is 0 Å². The fourth-order valence-electron chi connectivity index (χ4n) is 1.73. The average Bonchev–Trinajstić information content (AvgIpc) is 2.77. The van der Waals surface area contributed by atoms with Gasteiger partial charge in [-0.05, 0) is 41.9 Å². The maximum Gasteiger partial charge on any atom is 0.344 e. The highest BCUT2D eigenvalue weighted by molar-refractivity contribution is 9.10. The molecule has 0 radical (unpaired) electrons. The first-order valence-corrected chi connectivity index (χ1v) is 6.53. The summed E-state index contributed by atoms with van der Waals surface area (Å²) in [7, 11) is 0. The summed E-state index contributed by atoms with van der Waals surface area (Å²) in [4.78, 5) is 11.9. The Morgan fingerprint density at radius 3 is 2.70 bits per heavy atom. The van der Waals surface area contributed by atoms with Crippen LogP contribution < -0.4 is 0 Å². The second kappa shape index (κ2) is 5.70. The Bertz CT molecular complexity index is 670. The van der Waals surface area contributed by atoms with E-state index in [0.717, 1.165) is 12.1 Å². The van der Waals surface area contributed by atoms with Gasteiger partial charge in [0, 0.05) is 0 Å². The molecule has 20 heavy (non-hydrogen) atoms. The molecule has 0 atom stereocenters. The van der Waals surface area contributed by atoms with E-state index in [-0.39, 0.29) is 33.7 Å². The summed E-state index contributed by atoms with van der Waals surface area (Å²) in [5.41, 5.74) is -0.285. The number of carbonyl (C=O) groups is 1. The first-order valence-electron chi connectivity index (χ1n) is 5.74. The van der Waals surface area contributed by atoms with E-state index in [1.807, 2.05) is 0 Å². The summed E-state index contributed by atoms with van der Waals surface area (Å²) >= 11 is 2.95. The van der Waals surface area contributed by atoms with Crippen LogP contribution in [0.3, 0.4) is 0 Å². The Hall–Kier alpha value is -1.76. The van der Waals surface area contributed by atoms with Crippen molar-refractivity contribution < 1.29 is 22.8 Å². The molecule has 0 aliphatic heterocycles. The molecule has 2 rings (SSSR count). The molecule has 0 saturated carbocycles. The van der Waals surface area contributed by atoms with Gasteiger partial charge in [-0.1, -0.05) is 5.16 Å². The maximum absolute atomic E-state index is 13.9. The van der Waals surface area contributed by atoms with Gasteiger partial charge in [0.25, 0.3) is 0 Å². The molecule has 0 aliphatic carbocycles. The van der Waals surface area contributed by atoms with Gasteiger partial charge < -0.3 is 9.26 Å². The number of rotatable bonds is 3. The van der Waals surface area contributed by atoms with Crippen molar-refractivity contribution in [2.75, 3.05) is 6.61 Å². The smallest absolute Gasteiger partial charge is 0.344 e. The van der Waals surface area contributed by atoms with Gasteiger partial charge in [-0.15, -0.1) is 0 Å². The quantitative estimate of drug-likeness (QED) is 0.625. The Labute approximate surface area is 121 Å². The van der Waals surface area contributed by atoms with Crippen molar-refractivity contribution in [3.63, 3.8) is 0 Å². The van der Waals surface area contributed by atoms with Crippen molar-refractivity contribution in [2.24, 2.45) is 0 Å². The summed E-state index contributed by atoms with van der Waals surface area (Å²) in [5.74, 6) is -1.92. The number of aromatic nitrogens is 1. The number of benzene rings is 1. The fourth-order valence-corrected chi connectivity index (χ4v) is 2.24. The van der Waals surface area contributed by atoms with Crippen LogP contribution in [0, 0.1) is 18.6 Å². The Balaban J connectivity index is 2.66. The van der Waals surface area contributed by atoms with Gasteiger partial charge in [0.15, 0.2) is 0 Å². The highest BCUT2D eigenvalue weighted by Gasteiger charge is 2.27. The molecule has 1 aromatic carbocycles. The molecule has 106 valence electrons. The lowest BCUT2D eigenvalue weighted by atomic mass is 10.1. The summed E-state index contributed by atoms with van der Waals surface area (Å²) in [5, 5.41) is 3.64. The van der Waals surface area contributed by atoms with Crippen molar-refractivity contribution in [2.45, 2.75) is 13.8 Å². The van der Waals surface area contributed by atoms with Gasteiger partial charge in [0.1, 0.15) is 28.7 Å². The van der Waals surface area contributed by atoms with Crippen LogP contribution >= 0.6 is 15.9 Å². The number of hydrogen-bond donors (Lipinski definition) is 0. The van der Waals surface area contributed by atoms with Crippen LogP contribution in [0.4, 0.5) is 8.78 Å². The first-order chi connectivity index (χ1) is 9.47. The topological polar surface area (TPSA) is 52.3 Å². The molecule has 0 spiro atoms. The number of aryl methyl sites for hydroxylation is 1. The van der Waals surface area contributed by atoms with E-state index < -0.39 is 17.6 Å². The van der Waals surface area contributed by atoms with Crippen LogP contribution in [0.15, 0.2) is 21.1 Å². The van der Waals surface area contributed by atoms with Crippen LogP contribution in [0.2, 0.25) is 0 Å². The molecule has 7 heteroatoms. The highest BCUT2D eigenvalue weighted by atomic mass is 79.9. The minimum Gasteiger partial charge on any atom is -0.462 e. The molecular formula is C13H10BrF2NO3. The van der Waals surface area contributed by atoms with Crippen LogP contribution in [0.1, 0.15) is 23.0 Å². The zero-order valence-corrected chi connectivity index (χ0v) is 12.3. The summed E-state index contributed by atoms with van der Waals surface area (Å²) in [6.07, 6.45) is 0. The average molecular weight is 346 g/mol. The maximum atomic E-state index is 13.9. The van der Waals surface area contributed by atoms with Crippen molar-refractivity contribution >= 4 is 21.9 Å². The Kier molecular flexibility index (Phi) is 4.17. The van der Waals surface area contributed by atoms with E-state index in [2.05, 4.69) is 21.1 Å². The number of carbonyl (C=O) groups excluding carboxylic acids is 1. The second-order valence-electron chi connectivity index (χ2n) is 3.90. The third kappa shape index (κ3) is 2.45. The number of hydrogen-bond acceptors (Lipinski definition) is 4. The number of halogens is 3. The normalized spacial score (nSPS) is 10.7. The van der Waals surface area contributed by atoms with E-state index in [1.54, 1.807) is 6.92 Å². The molecule has 0 amide bonds. The Morgan fingerprint density at radius 1 is 1.40 bits per heavy atom. The standard InChI is InChI=1S/C13H10BrF2NO3/c1-3-19-13(18)9-6(2)20-17-12(9)10-7(15)4-5-8(16)11(10)14/h4-5H,3H2,1-2H3. The largest absolute Gasteiger partial charge is 0.462 e. The molecule has 0 fully saturated rings. The van der Waals surface area contributed by atoms with E-state index in [0.29, 0.717) is 0 Å². The van der Waals surface area contributed by atoms with E-state index in [9.17, 15) is 13.6 Å². The van der Waals surface area contributed by atoms with Crippen LogP contribution in [-0.4, -0.2) is 17.7 Å². The number of nitrogens with zero attached hydrogens (tertiary/aromatic N) is 1. The van der Waals surface area contributed by atoms with Crippen molar-refractivity contribution in [3.8, 4) is 11.3 Å². The van der Waals surface area contributed by atoms with Crippen molar-refractivity contribution in [3.05, 3.63) is 39.6 Å². The van der Waals surface area contributed by atoms with Gasteiger partial charge >= 0.3 is 5.97 Å². The molecule has 1 heterocycles. The zero-order valence-electron chi connectivity index (χ0n) is 10.7. The first kappa shape index (κ1) is 14.6. The van der Waals surface area contributed by atoms with Crippen LogP contribution in [0.25, 0.3) is 11.3 Å². The molecular weight excluding hydrogens is 336 g/mol. The molecule has 0 bridgehead atoms. The molecule has 2 aromatic rings. The lowest BCUT2D eigenvalue weighted by Crippen LogP contribution is -2.07. The van der Waals surface area contributed by atoms with E-state index in [1.165, 1.54) is 6.92 Å². The van der Waals surface area contributed by atoms with E-state index in [4.69, 9.17) is 9.26 Å². The third-order valence-electron chi connectivity index (χ3n) is 2.62.